The number of ether oxygens (including phenoxy) is 1. The van der Waals surface area contributed by atoms with Gasteiger partial charge in [0.05, 0.1) is 7.11 Å². The predicted molar refractivity (Wildman–Crippen MR) is 76.8 cm³/mol. The summed E-state index contributed by atoms with van der Waals surface area (Å²) < 4.78 is 32.2. The third-order valence-corrected chi connectivity index (χ3v) is 5.15. The van der Waals surface area contributed by atoms with Crippen molar-refractivity contribution in [1.82, 2.24) is 4.31 Å². The van der Waals surface area contributed by atoms with Gasteiger partial charge >= 0.3 is 0 Å². The molecule has 1 N–H and O–H groups in total. The van der Waals surface area contributed by atoms with Crippen LogP contribution in [0.2, 0.25) is 0 Å². The second-order valence-corrected chi connectivity index (χ2v) is 6.69. The fourth-order valence-electron chi connectivity index (χ4n) is 1.69. The highest BCUT2D eigenvalue weighted by Gasteiger charge is 2.26. The van der Waals surface area contributed by atoms with Crippen LogP contribution in [0.4, 0.5) is 0 Å². The summed E-state index contributed by atoms with van der Waals surface area (Å²) in [6.07, 6.45) is 0.406. The van der Waals surface area contributed by atoms with E-state index in [1.54, 1.807) is 19.1 Å². The van der Waals surface area contributed by atoms with Crippen molar-refractivity contribution in [3.8, 4) is 5.75 Å². The van der Waals surface area contributed by atoms with Crippen molar-refractivity contribution in [2.75, 3.05) is 26.8 Å². The van der Waals surface area contributed by atoms with E-state index < -0.39 is 10.0 Å². The number of sulfonamides is 1. The van der Waals surface area contributed by atoms with Crippen molar-refractivity contribution in [3.05, 3.63) is 22.7 Å². The molecule has 108 valence electrons. The molecule has 0 amide bonds. The van der Waals surface area contributed by atoms with Crippen molar-refractivity contribution < 1.29 is 18.3 Å². The lowest BCUT2D eigenvalue weighted by atomic mass is 10.3. The van der Waals surface area contributed by atoms with Crippen LogP contribution in [0.15, 0.2) is 27.6 Å². The van der Waals surface area contributed by atoms with Crippen LogP contribution in [0.25, 0.3) is 0 Å². The van der Waals surface area contributed by atoms with E-state index in [4.69, 9.17) is 9.84 Å². The number of hydrogen-bond donors (Lipinski definition) is 1. The standard InChI is InChI=1S/C12H18BrNO4S/c1-3-14(7-4-8-15)19(16,17)12-9-10(13)5-6-11(12)18-2/h5-6,9,15H,3-4,7-8H2,1-2H3. The lowest BCUT2D eigenvalue weighted by Gasteiger charge is -2.21. The largest absolute Gasteiger partial charge is 0.495 e. The molecule has 0 heterocycles. The Morgan fingerprint density at radius 2 is 2.11 bits per heavy atom. The molecule has 7 heteroatoms. The summed E-state index contributed by atoms with van der Waals surface area (Å²) in [5.41, 5.74) is 0. The summed E-state index contributed by atoms with van der Waals surface area (Å²) in [6, 6.07) is 4.86. The maximum Gasteiger partial charge on any atom is 0.246 e. The second-order valence-electron chi connectivity index (χ2n) is 3.87. The molecule has 5 nitrogen and oxygen atoms in total. The van der Waals surface area contributed by atoms with Crippen LogP contribution in [-0.2, 0) is 10.0 Å². The lowest BCUT2D eigenvalue weighted by Crippen LogP contribution is -2.32. The Labute approximate surface area is 122 Å². The lowest BCUT2D eigenvalue weighted by molar-refractivity contribution is 0.271. The van der Waals surface area contributed by atoms with Crippen LogP contribution in [0.1, 0.15) is 13.3 Å². The number of hydrogen-bond acceptors (Lipinski definition) is 4. The van der Waals surface area contributed by atoms with Gasteiger partial charge in [0.15, 0.2) is 0 Å². The van der Waals surface area contributed by atoms with Crippen LogP contribution in [0, 0.1) is 0 Å². The molecule has 0 fully saturated rings. The molecule has 0 unspecified atom stereocenters. The maximum absolute atomic E-state index is 12.5. The number of methoxy groups -OCH3 is 1. The first kappa shape index (κ1) is 16.4. The highest BCUT2D eigenvalue weighted by atomic mass is 79.9. The van der Waals surface area contributed by atoms with E-state index in [2.05, 4.69) is 15.9 Å². The third kappa shape index (κ3) is 3.92. The molecule has 0 aromatic heterocycles. The minimum Gasteiger partial charge on any atom is -0.495 e. The van der Waals surface area contributed by atoms with Gasteiger partial charge in [-0.3, -0.25) is 0 Å². The Hall–Kier alpha value is -0.630. The summed E-state index contributed by atoms with van der Waals surface area (Å²) in [4.78, 5) is 0.129. The zero-order valence-corrected chi connectivity index (χ0v) is 13.4. The molecule has 0 atom stereocenters. The Kier molecular flexibility index (Phi) is 6.25. The Bertz CT molecular complexity index is 518. The molecule has 0 aliphatic carbocycles. The molecule has 0 aliphatic rings. The predicted octanol–water partition coefficient (Wildman–Crippen LogP) is 1.85. The van der Waals surface area contributed by atoms with Gasteiger partial charge in [0, 0.05) is 24.2 Å². The van der Waals surface area contributed by atoms with Crippen LogP contribution in [-0.4, -0.2) is 44.6 Å². The molecule has 0 radical (unpaired) electrons. The van der Waals surface area contributed by atoms with Crippen molar-refractivity contribution in [1.29, 1.82) is 0 Å². The van der Waals surface area contributed by atoms with E-state index in [9.17, 15) is 8.42 Å². The first-order valence-electron chi connectivity index (χ1n) is 5.92. The van der Waals surface area contributed by atoms with Crippen LogP contribution in [0.5, 0.6) is 5.75 Å². The number of aliphatic hydroxyl groups excluding tert-OH is 1. The van der Waals surface area contributed by atoms with Crippen molar-refractivity contribution in [3.63, 3.8) is 0 Å². The van der Waals surface area contributed by atoms with Gasteiger partial charge in [-0.25, -0.2) is 8.42 Å². The molecular weight excluding hydrogens is 334 g/mol. The van der Waals surface area contributed by atoms with Gasteiger partial charge in [-0.2, -0.15) is 4.31 Å². The van der Waals surface area contributed by atoms with Gasteiger partial charge in [0.25, 0.3) is 0 Å². The Morgan fingerprint density at radius 3 is 2.63 bits per heavy atom. The zero-order valence-electron chi connectivity index (χ0n) is 11.0. The van der Waals surface area contributed by atoms with Gasteiger partial charge in [0.2, 0.25) is 10.0 Å². The van der Waals surface area contributed by atoms with Crippen LogP contribution >= 0.6 is 15.9 Å². The highest BCUT2D eigenvalue weighted by Crippen LogP contribution is 2.29. The molecular formula is C12H18BrNO4S. The smallest absolute Gasteiger partial charge is 0.246 e. The second kappa shape index (κ2) is 7.23. The van der Waals surface area contributed by atoms with Gasteiger partial charge < -0.3 is 9.84 Å². The summed E-state index contributed by atoms with van der Waals surface area (Å²) in [6.45, 7) is 2.35. The molecule has 1 aromatic carbocycles. The zero-order chi connectivity index (χ0) is 14.5. The van der Waals surface area contributed by atoms with E-state index >= 15 is 0 Å². The average molecular weight is 352 g/mol. The minimum absolute atomic E-state index is 0.0400. The highest BCUT2D eigenvalue weighted by molar-refractivity contribution is 9.10. The fourth-order valence-corrected chi connectivity index (χ4v) is 3.87. The summed E-state index contributed by atoms with van der Waals surface area (Å²) in [7, 11) is -2.18. The average Bonchev–Trinajstić information content (AvgIpc) is 2.39. The van der Waals surface area contributed by atoms with Crippen LogP contribution in [0.3, 0.4) is 0 Å². The van der Waals surface area contributed by atoms with E-state index in [1.807, 2.05) is 0 Å². The quantitative estimate of drug-likeness (QED) is 0.813. The molecule has 0 spiro atoms. The molecule has 0 bridgehead atoms. The van der Waals surface area contributed by atoms with E-state index in [-0.39, 0.29) is 18.0 Å². The SMILES string of the molecule is CCN(CCCO)S(=O)(=O)c1cc(Br)ccc1OC. The molecule has 1 aromatic rings. The molecule has 1 rings (SSSR count). The Balaban J connectivity index is 3.20. The van der Waals surface area contributed by atoms with Crippen LogP contribution < -0.4 is 4.74 Å². The maximum atomic E-state index is 12.5. The number of aliphatic hydroxyl groups is 1. The normalized spacial score (nSPS) is 11.8. The van der Waals surface area contributed by atoms with Crippen molar-refractivity contribution in [2.45, 2.75) is 18.2 Å². The first-order chi connectivity index (χ1) is 8.97. The monoisotopic (exact) mass is 351 g/mol. The summed E-state index contributed by atoms with van der Waals surface area (Å²) in [5.74, 6) is 0.311. The van der Waals surface area contributed by atoms with E-state index in [0.29, 0.717) is 23.2 Å². The summed E-state index contributed by atoms with van der Waals surface area (Å²) in [5, 5.41) is 8.84. The van der Waals surface area contributed by atoms with Crippen molar-refractivity contribution >= 4 is 26.0 Å². The van der Waals surface area contributed by atoms with Gasteiger partial charge in [-0.1, -0.05) is 22.9 Å². The van der Waals surface area contributed by atoms with Gasteiger partial charge in [-0.15, -0.1) is 0 Å². The number of benzene rings is 1. The molecule has 0 saturated heterocycles. The van der Waals surface area contributed by atoms with E-state index in [0.717, 1.165) is 0 Å². The topological polar surface area (TPSA) is 66.8 Å². The van der Waals surface area contributed by atoms with Gasteiger partial charge in [0.1, 0.15) is 10.6 Å². The van der Waals surface area contributed by atoms with Gasteiger partial charge in [-0.05, 0) is 24.6 Å². The van der Waals surface area contributed by atoms with E-state index in [1.165, 1.54) is 17.5 Å². The molecule has 0 aliphatic heterocycles. The number of nitrogens with zero attached hydrogens (tertiary/aromatic N) is 1. The Morgan fingerprint density at radius 1 is 1.42 bits per heavy atom. The number of halogens is 1. The number of rotatable bonds is 7. The summed E-state index contributed by atoms with van der Waals surface area (Å²) >= 11 is 3.26. The third-order valence-electron chi connectivity index (χ3n) is 2.66. The minimum atomic E-state index is -3.62. The molecule has 19 heavy (non-hydrogen) atoms. The molecule has 0 saturated carbocycles. The van der Waals surface area contributed by atoms with Crippen molar-refractivity contribution in [2.24, 2.45) is 0 Å². The first-order valence-corrected chi connectivity index (χ1v) is 8.15. The fraction of sp³-hybridized carbons (Fsp3) is 0.500.